The second kappa shape index (κ2) is 4.94. The van der Waals surface area contributed by atoms with Crippen molar-refractivity contribution in [2.45, 2.75) is 24.3 Å². The number of hydrogen-bond donors (Lipinski definition) is 1. The van der Waals surface area contributed by atoms with Crippen molar-refractivity contribution in [1.82, 2.24) is 4.31 Å². The van der Waals surface area contributed by atoms with Gasteiger partial charge in [-0.05, 0) is 32.0 Å². The summed E-state index contributed by atoms with van der Waals surface area (Å²) in [4.78, 5) is 0.0897. The van der Waals surface area contributed by atoms with Crippen molar-refractivity contribution < 1.29 is 13.2 Å². The van der Waals surface area contributed by atoms with Crippen molar-refractivity contribution in [1.29, 1.82) is 0 Å². The number of rotatable bonds is 2. The molecular weight excluding hydrogens is 288 g/mol. The van der Waals surface area contributed by atoms with E-state index in [0.717, 1.165) is 0 Å². The van der Waals surface area contributed by atoms with Gasteiger partial charge in [0.1, 0.15) is 4.90 Å². The Kier molecular flexibility index (Phi) is 3.79. The lowest BCUT2D eigenvalue weighted by Crippen LogP contribution is -2.55. The summed E-state index contributed by atoms with van der Waals surface area (Å²) in [5, 5.41) is 0.415. The van der Waals surface area contributed by atoms with Gasteiger partial charge in [0, 0.05) is 11.6 Å². The molecule has 0 amide bonds. The summed E-state index contributed by atoms with van der Waals surface area (Å²) >= 11 is 5.80. The predicted octanol–water partition coefficient (Wildman–Crippen LogP) is 1.72. The third-order valence-corrected chi connectivity index (χ3v) is 5.53. The number of nitrogen functional groups attached to an aromatic ring is 1. The molecular formula is C12H17ClN2O3S. The van der Waals surface area contributed by atoms with Crippen LogP contribution in [0, 0.1) is 0 Å². The SMILES string of the molecule is CC1(C)COCCN1S(=O)(=O)c1ccc(Cl)cc1N. The monoisotopic (exact) mass is 304 g/mol. The Morgan fingerprint density at radius 2 is 2.11 bits per heavy atom. The minimum absolute atomic E-state index is 0.0897. The summed E-state index contributed by atoms with van der Waals surface area (Å²) < 4.78 is 32.1. The zero-order valence-corrected chi connectivity index (χ0v) is 12.5. The highest BCUT2D eigenvalue weighted by molar-refractivity contribution is 7.89. The average molecular weight is 305 g/mol. The molecule has 1 fully saturated rings. The van der Waals surface area contributed by atoms with Crippen LogP contribution >= 0.6 is 11.6 Å². The number of nitrogens with two attached hydrogens (primary N) is 1. The summed E-state index contributed by atoms with van der Waals surface area (Å²) in [5.41, 5.74) is 5.35. The van der Waals surface area contributed by atoms with Crippen molar-refractivity contribution in [3.05, 3.63) is 23.2 Å². The predicted molar refractivity (Wildman–Crippen MR) is 74.7 cm³/mol. The first-order chi connectivity index (χ1) is 8.75. The minimum Gasteiger partial charge on any atom is -0.398 e. The van der Waals surface area contributed by atoms with E-state index in [2.05, 4.69) is 0 Å². The number of hydrogen-bond acceptors (Lipinski definition) is 4. The van der Waals surface area contributed by atoms with Crippen LogP contribution < -0.4 is 5.73 Å². The number of benzene rings is 1. The fraction of sp³-hybridized carbons (Fsp3) is 0.500. The summed E-state index contributed by atoms with van der Waals surface area (Å²) in [6, 6.07) is 4.42. The molecule has 1 aromatic rings. The van der Waals surface area contributed by atoms with Crippen LogP contribution in [0.4, 0.5) is 5.69 Å². The molecule has 0 aliphatic carbocycles. The lowest BCUT2D eigenvalue weighted by Gasteiger charge is -2.40. The largest absolute Gasteiger partial charge is 0.398 e. The standard InChI is InChI=1S/C12H17ClN2O3S/c1-12(2)8-18-6-5-15(12)19(16,17)11-4-3-9(13)7-10(11)14/h3-4,7H,5-6,8,14H2,1-2H3. The molecule has 0 bridgehead atoms. The van der Waals surface area contributed by atoms with Crippen molar-refractivity contribution in [3.8, 4) is 0 Å². The fourth-order valence-electron chi connectivity index (χ4n) is 2.16. The van der Waals surface area contributed by atoms with E-state index >= 15 is 0 Å². The zero-order valence-electron chi connectivity index (χ0n) is 10.9. The Morgan fingerprint density at radius 3 is 2.68 bits per heavy atom. The van der Waals surface area contributed by atoms with Crippen LogP contribution in [0.2, 0.25) is 5.02 Å². The van der Waals surface area contributed by atoms with E-state index in [1.54, 1.807) is 0 Å². The van der Waals surface area contributed by atoms with Crippen molar-refractivity contribution in [2.75, 3.05) is 25.5 Å². The van der Waals surface area contributed by atoms with Crippen LogP contribution in [0.25, 0.3) is 0 Å². The number of nitrogens with zero attached hydrogens (tertiary/aromatic N) is 1. The molecule has 0 aromatic heterocycles. The molecule has 2 rings (SSSR count). The van der Waals surface area contributed by atoms with Crippen molar-refractivity contribution in [2.24, 2.45) is 0 Å². The molecule has 1 aromatic carbocycles. The maximum atomic E-state index is 12.7. The number of morpholine rings is 1. The molecule has 0 unspecified atom stereocenters. The Morgan fingerprint density at radius 1 is 1.42 bits per heavy atom. The Balaban J connectivity index is 2.47. The second-order valence-corrected chi connectivity index (χ2v) is 7.39. The highest BCUT2D eigenvalue weighted by Crippen LogP contribution is 2.31. The maximum absolute atomic E-state index is 12.7. The molecule has 0 radical (unpaired) electrons. The second-order valence-electron chi connectivity index (χ2n) is 5.12. The van der Waals surface area contributed by atoms with E-state index in [-0.39, 0.29) is 10.6 Å². The number of sulfonamides is 1. The first kappa shape index (κ1) is 14.6. The van der Waals surface area contributed by atoms with Gasteiger partial charge in [-0.15, -0.1) is 0 Å². The average Bonchev–Trinajstić information content (AvgIpc) is 2.27. The Labute approximate surface area is 118 Å². The normalized spacial score (nSPS) is 20.4. The van der Waals surface area contributed by atoms with Crippen LogP contribution in [0.1, 0.15) is 13.8 Å². The van der Waals surface area contributed by atoms with E-state index < -0.39 is 15.6 Å². The van der Waals surface area contributed by atoms with E-state index in [4.69, 9.17) is 22.1 Å². The lowest BCUT2D eigenvalue weighted by molar-refractivity contribution is -0.00768. The van der Waals surface area contributed by atoms with Gasteiger partial charge in [-0.25, -0.2) is 8.42 Å². The molecule has 7 heteroatoms. The Bertz CT molecular complexity index is 587. The van der Waals surface area contributed by atoms with E-state index in [1.165, 1.54) is 22.5 Å². The molecule has 1 aliphatic rings. The number of halogens is 1. The zero-order chi connectivity index (χ0) is 14.3. The highest BCUT2D eigenvalue weighted by Gasteiger charge is 2.40. The fourth-order valence-corrected chi connectivity index (χ4v) is 4.20. The van der Waals surface area contributed by atoms with Gasteiger partial charge in [0.05, 0.1) is 24.4 Å². The minimum atomic E-state index is -3.65. The van der Waals surface area contributed by atoms with Gasteiger partial charge in [-0.2, -0.15) is 4.31 Å². The van der Waals surface area contributed by atoms with Gasteiger partial charge in [-0.1, -0.05) is 11.6 Å². The van der Waals surface area contributed by atoms with Gasteiger partial charge >= 0.3 is 0 Å². The third-order valence-electron chi connectivity index (χ3n) is 3.11. The van der Waals surface area contributed by atoms with Gasteiger partial charge in [-0.3, -0.25) is 0 Å². The first-order valence-electron chi connectivity index (χ1n) is 5.91. The first-order valence-corrected chi connectivity index (χ1v) is 7.72. The Hall–Kier alpha value is -0.820. The molecule has 19 heavy (non-hydrogen) atoms. The molecule has 0 saturated carbocycles. The smallest absolute Gasteiger partial charge is 0.245 e. The van der Waals surface area contributed by atoms with Crippen LogP contribution in [0.15, 0.2) is 23.1 Å². The quantitative estimate of drug-likeness (QED) is 0.844. The summed E-state index contributed by atoms with van der Waals surface area (Å²) in [5.74, 6) is 0. The molecule has 0 spiro atoms. The molecule has 5 nitrogen and oxygen atoms in total. The van der Waals surface area contributed by atoms with Crippen molar-refractivity contribution >= 4 is 27.3 Å². The van der Waals surface area contributed by atoms with Crippen LogP contribution in [0.5, 0.6) is 0 Å². The van der Waals surface area contributed by atoms with Gasteiger partial charge in [0.2, 0.25) is 10.0 Å². The molecule has 1 heterocycles. The van der Waals surface area contributed by atoms with Gasteiger partial charge < -0.3 is 10.5 Å². The van der Waals surface area contributed by atoms with Crippen molar-refractivity contribution in [3.63, 3.8) is 0 Å². The molecule has 2 N–H and O–H groups in total. The molecule has 1 aliphatic heterocycles. The van der Waals surface area contributed by atoms with E-state index in [9.17, 15) is 8.42 Å². The summed E-state index contributed by atoms with van der Waals surface area (Å²) in [7, 11) is -3.65. The van der Waals surface area contributed by atoms with Crippen LogP contribution in [0.3, 0.4) is 0 Å². The molecule has 1 saturated heterocycles. The lowest BCUT2D eigenvalue weighted by atomic mass is 10.1. The van der Waals surface area contributed by atoms with Gasteiger partial charge in [0.15, 0.2) is 0 Å². The number of ether oxygens (including phenoxy) is 1. The summed E-state index contributed by atoms with van der Waals surface area (Å²) in [6.45, 7) is 4.72. The number of anilines is 1. The molecule has 106 valence electrons. The van der Waals surface area contributed by atoms with Crippen LogP contribution in [-0.4, -0.2) is 38.0 Å². The third kappa shape index (κ3) is 2.72. The maximum Gasteiger partial charge on any atom is 0.245 e. The van der Waals surface area contributed by atoms with Crippen LogP contribution in [-0.2, 0) is 14.8 Å². The highest BCUT2D eigenvalue weighted by atomic mass is 35.5. The molecule has 0 atom stereocenters. The summed E-state index contributed by atoms with van der Waals surface area (Å²) in [6.07, 6.45) is 0. The van der Waals surface area contributed by atoms with E-state index in [1.807, 2.05) is 13.8 Å². The van der Waals surface area contributed by atoms with E-state index in [0.29, 0.717) is 24.8 Å². The van der Waals surface area contributed by atoms with Gasteiger partial charge in [0.25, 0.3) is 0 Å². The topological polar surface area (TPSA) is 72.6 Å².